The zero-order chi connectivity index (χ0) is 22.6. The molecule has 5 rings (SSSR count). The number of benzene rings is 2. The predicted molar refractivity (Wildman–Crippen MR) is 130 cm³/mol. The molecule has 3 aliphatic rings. The lowest BCUT2D eigenvalue weighted by Gasteiger charge is -2.36. The summed E-state index contributed by atoms with van der Waals surface area (Å²) in [7, 11) is 0. The Labute approximate surface area is 194 Å². The van der Waals surface area contributed by atoms with Crippen molar-refractivity contribution in [2.24, 2.45) is 16.8 Å². The van der Waals surface area contributed by atoms with Gasteiger partial charge in [-0.3, -0.25) is 9.79 Å². The maximum absolute atomic E-state index is 12.8. The van der Waals surface area contributed by atoms with Gasteiger partial charge in [0.2, 0.25) is 0 Å². The summed E-state index contributed by atoms with van der Waals surface area (Å²) in [5.41, 5.74) is 4.73. The van der Waals surface area contributed by atoms with E-state index in [1.807, 2.05) is 65.8 Å². The van der Waals surface area contributed by atoms with Gasteiger partial charge in [0.25, 0.3) is 5.91 Å². The number of likely N-dealkylation sites (tertiary alicyclic amines) is 1. The summed E-state index contributed by atoms with van der Waals surface area (Å²) >= 11 is 0. The molecule has 2 aromatic rings. The van der Waals surface area contributed by atoms with Crippen LogP contribution in [0, 0.1) is 23.2 Å². The van der Waals surface area contributed by atoms with Gasteiger partial charge in [0.15, 0.2) is 0 Å². The molecule has 2 heterocycles. The van der Waals surface area contributed by atoms with Crippen molar-refractivity contribution in [3.05, 3.63) is 101 Å². The lowest BCUT2D eigenvalue weighted by molar-refractivity contribution is 0.0707. The fourth-order valence-corrected chi connectivity index (χ4v) is 4.79. The van der Waals surface area contributed by atoms with Crippen LogP contribution in [-0.2, 0) is 0 Å². The Morgan fingerprint density at radius 3 is 2.70 bits per heavy atom. The van der Waals surface area contributed by atoms with E-state index in [9.17, 15) is 10.1 Å². The normalized spacial score (nSPS) is 22.1. The predicted octanol–water partition coefficient (Wildman–Crippen LogP) is 4.56. The van der Waals surface area contributed by atoms with Crippen molar-refractivity contribution in [1.29, 1.82) is 5.26 Å². The SMILES string of the molecule is N#Cc1cccc(C2=CC3C=CN=CC3C(NC3CCN(C(=O)c4ccccc4)CC3)=C2)c1. The number of nitrogens with zero attached hydrogens (tertiary/aromatic N) is 3. The van der Waals surface area contributed by atoms with Gasteiger partial charge in [-0.2, -0.15) is 5.26 Å². The van der Waals surface area contributed by atoms with Crippen LogP contribution in [0.25, 0.3) is 5.57 Å². The molecule has 164 valence electrons. The molecule has 1 N–H and O–H groups in total. The van der Waals surface area contributed by atoms with Gasteiger partial charge >= 0.3 is 0 Å². The van der Waals surface area contributed by atoms with Crippen LogP contribution in [-0.4, -0.2) is 36.2 Å². The summed E-state index contributed by atoms with van der Waals surface area (Å²) < 4.78 is 0. The Morgan fingerprint density at radius 2 is 1.91 bits per heavy atom. The second kappa shape index (κ2) is 9.30. The van der Waals surface area contributed by atoms with E-state index < -0.39 is 0 Å². The Hall–Kier alpha value is -3.91. The lowest BCUT2D eigenvalue weighted by Crippen LogP contribution is -2.46. The summed E-state index contributed by atoms with van der Waals surface area (Å²) in [5, 5.41) is 13.1. The first-order chi connectivity index (χ1) is 16.2. The van der Waals surface area contributed by atoms with Gasteiger partial charge in [0.05, 0.1) is 11.6 Å². The number of hydrogen-bond acceptors (Lipinski definition) is 4. The van der Waals surface area contributed by atoms with Gasteiger partial charge in [-0.25, -0.2) is 0 Å². The fourth-order valence-electron chi connectivity index (χ4n) is 4.79. The maximum Gasteiger partial charge on any atom is 0.253 e. The molecule has 5 heteroatoms. The van der Waals surface area contributed by atoms with Crippen molar-refractivity contribution in [2.75, 3.05) is 13.1 Å². The highest BCUT2D eigenvalue weighted by Gasteiger charge is 2.30. The molecule has 1 amide bonds. The molecule has 1 aliphatic carbocycles. The van der Waals surface area contributed by atoms with Crippen molar-refractivity contribution in [3.8, 4) is 6.07 Å². The molecule has 2 aromatic carbocycles. The summed E-state index contributed by atoms with van der Waals surface area (Å²) in [6.07, 6.45) is 12.3. The second-order valence-corrected chi connectivity index (χ2v) is 8.73. The number of piperidine rings is 1. The molecule has 0 aromatic heterocycles. The number of carbonyl (C=O) groups excluding carboxylic acids is 1. The fraction of sp³-hybridized carbons (Fsp3) is 0.250. The van der Waals surface area contributed by atoms with Crippen LogP contribution in [0.15, 0.2) is 89.7 Å². The number of nitrogens with one attached hydrogen (secondary N) is 1. The Morgan fingerprint density at radius 1 is 1.09 bits per heavy atom. The van der Waals surface area contributed by atoms with Crippen LogP contribution in [0.5, 0.6) is 0 Å². The summed E-state index contributed by atoms with van der Waals surface area (Å²) in [4.78, 5) is 19.1. The van der Waals surface area contributed by atoms with E-state index in [0.29, 0.717) is 11.6 Å². The van der Waals surface area contributed by atoms with Crippen LogP contribution in [0.2, 0.25) is 0 Å². The third kappa shape index (κ3) is 4.51. The molecule has 33 heavy (non-hydrogen) atoms. The van der Waals surface area contributed by atoms with E-state index in [1.54, 1.807) is 0 Å². The number of nitriles is 1. The number of amides is 1. The Bertz CT molecular complexity index is 1190. The van der Waals surface area contributed by atoms with Crippen molar-refractivity contribution in [1.82, 2.24) is 10.2 Å². The van der Waals surface area contributed by atoms with Gasteiger partial charge in [-0.1, -0.05) is 42.5 Å². The quantitative estimate of drug-likeness (QED) is 0.767. The smallest absolute Gasteiger partial charge is 0.253 e. The van der Waals surface area contributed by atoms with Gasteiger partial charge in [-0.05, 0) is 54.3 Å². The molecule has 0 saturated carbocycles. The Balaban J connectivity index is 1.31. The maximum atomic E-state index is 12.8. The number of carbonyl (C=O) groups is 1. The van der Waals surface area contributed by atoms with E-state index in [2.05, 4.69) is 40.7 Å². The molecule has 1 fully saturated rings. The highest BCUT2D eigenvalue weighted by molar-refractivity contribution is 5.94. The van der Waals surface area contributed by atoms with Crippen molar-refractivity contribution in [2.45, 2.75) is 18.9 Å². The van der Waals surface area contributed by atoms with Crippen LogP contribution in [0.1, 0.15) is 34.3 Å². The molecule has 0 spiro atoms. The van der Waals surface area contributed by atoms with E-state index in [4.69, 9.17) is 0 Å². The first kappa shape index (κ1) is 21.0. The molecule has 0 bridgehead atoms. The topological polar surface area (TPSA) is 68.5 Å². The monoisotopic (exact) mass is 434 g/mol. The zero-order valence-electron chi connectivity index (χ0n) is 18.4. The van der Waals surface area contributed by atoms with Crippen molar-refractivity contribution >= 4 is 17.7 Å². The molecule has 0 radical (unpaired) electrons. The van der Waals surface area contributed by atoms with Crippen LogP contribution < -0.4 is 5.32 Å². The minimum atomic E-state index is 0.109. The first-order valence-electron chi connectivity index (χ1n) is 11.5. The third-order valence-electron chi connectivity index (χ3n) is 6.60. The molecular formula is C28H26N4O. The highest BCUT2D eigenvalue weighted by atomic mass is 16.2. The first-order valence-corrected chi connectivity index (χ1v) is 11.5. The number of hydrogen-bond donors (Lipinski definition) is 1. The average Bonchev–Trinajstić information content (AvgIpc) is 2.89. The molecule has 2 atom stereocenters. The molecule has 1 saturated heterocycles. The zero-order valence-corrected chi connectivity index (χ0v) is 18.4. The number of allylic oxidation sites excluding steroid dienone is 5. The third-order valence-corrected chi connectivity index (χ3v) is 6.60. The highest BCUT2D eigenvalue weighted by Crippen LogP contribution is 2.34. The van der Waals surface area contributed by atoms with Gasteiger partial charge in [0.1, 0.15) is 0 Å². The van der Waals surface area contributed by atoms with E-state index >= 15 is 0 Å². The average molecular weight is 435 g/mol. The Kier molecular flexibility index (Phi) is 5.91. The minimum Gasteiger partial charge on any atom is -0.385 e. The number of aliphatic imine (C=N–C) groups is 1. The van der Waals surface area contributed by atoms with Gasteiger partial charge < -0.3 is 10.2 Å². The van der Waals surface area contributed by atoms with Crippen molar-refractivity contribution < 1.29 is 4.79 Å². The number of rotatable bonds is 4. The van der Waals surface area contributed by atoms with Crippen molar-refractivity contribution in [3.63, 3.8) is 0 Å². The summed E-state index contributed by atoms with van der Waals surface area (Å²) in [6.45, 7) is 1.49. The van der Waals surface area contributed by atoms with Crippen LogP contribution in [0.3, 0.4) is 0 Å². The second-order valence-electron chi connectivity index (χ2n) is 8.73. The van der Waals surface area contributed by atoms with Gasteiger partial charge in [0, 0.05) is 54.6 Å². The molecule has 5 nitrogen and oxygen atoms in total. The van der Waals surface area contributed by atoms with E-state index in [0.717, 1.165) is 48.3 Å². The molecular weight excluding hydrogens is 408 g/mol. The standard InChI is InChI=1S/C28H26N4O/c29-18-20-5-4-8-22(15-20)24-16-23-9-12-30-19-26(23)27(17-24)31-25-10-13-32(14-11-25)28(33)21-6-2-1-3-7-21/h1-9,12,15-17,19,23,25-26,31H,10-11,13-14H2. The minimum absolute atomic E-state index is 0.109. The van der Waals surface area contributed by atoms with E-state index in [-0.39, 0.29) is 17.7 Å². The largest absolute Gasteiger partial charge is 0.385 e. The molecule has 2 unspecified atom stereocenters. The van der Waals surface area contributed by atoms with Gasteiger partial charge in [-0.15, -0.1) is 0 Å². The van der Waals surface area contributed by atoms with Crippen LogP contribution in [0.4, 0.5) is 0 Å². The number of fused-ring (bicyclic) bond motifs is 1. The van der Waals surface area contributed by atoms with Crippen LogP contribution >= 0.6 is 0 Å². The van der Waals surface area contributed by atoms with E-state index in [1.165, 1.54) is 0 Å². The lowest BCUT2D eigenvalue weighted by atomic mass is 9.80. The molecule has 2 aliphatic heterocycles. The summed E-state index contributed by atoms with van der Waals surface area (Å²) in [6, 6.07) is 19.8. The summed E-state index contributed by atoms with van der Waals surface area (Å²) in [5.74, 6) is 0.524.